The molecule has 1 atom stereocenters. The molecule has 2 heterocycles. The van der Waals surface area contributed by atoms with Gasteiger partial charge in [0.1, 0.15) is 5.75 Å². The summed E-state index contributed by atoms with van der Waals surface area (Å²) in [5.41, 5.74) is 1.23. The second kappa shape index (κ2) is 8.19. The smallest absolute Gasteiger partial charge is 0.193 e. The molecule has 2 aromatic rings. The van der Waals surface area contributed by atoms with Crippen molar-refractivity contribution in [2.75, 3.05) is 33.4 Å². The molecule has 28 heavy (non-hydrogen) atoms. The summed E-state index contributed by atoms with van der Waals surface area (Å²) < 4.78 is 25.4. The predicted molar refractivity (Wildman–Crippen MR) is 107 cm³/mol. The number of hydrogen-bond acceptors (Lipinski definition) is 3. The first-order chi connectivity index (χ1) is 13.7. The van der Waals surface area contributed by atoms with Crippen LogP contribution in [0.2, 0.25) is 0 Å². The van der Waals surface area contributed by atoms with Crippen molar-refractivity contribution >= 4 is 5.96 Å². The first-order valence-electron chi connectivity index (χ1n) is 9.73. The third kappa shape index (κ3) is 3.97. The van der Waals surface area contributed by atoms with E-state index in [4.69, 9.17) is 9.47 Å². The van der Waals surface area contributed by atoms with Crippen LogP contribution in [0.5, 0.6) is 11.5 Å². The summed E-state index contributed by atoms with van der Waals surface area (Å²) in [4.78, 5) is 6.76. The third-order valence-corrected chi connectivity index (χ3v) is 5.60. The van der Waals surface area contributed by atoms with Crippen LogP contribution >= 0.6 is 0 Å². The van der Waals surface area contributed by atoms with Gasteiger partial charge >= 0.3 is 0 Å². The number of rotatable bonds is 4. The van der Waals surface area contributed by atoms with Gasteiger partial charge in [-0.05, 0) is 31.0 Å². The van der Waals surface area contributed by atoms with Crippen molar-refractivity contribution in [3.05, 3.63) is 59.9 Å². The molecule has 2 aromatic carbocycles. The van der Waals surface area contributed by atoms with Crippen molar-refractivity contribution in [2.45, 2.75) is 19.4 Å². The monoisotopic (exact) mass is 383 g/mol. The van der Waals surface area contributed by atoms with Crippen molar-refractivity contribution in [1.29, 1.82) is 0 Å². The zero-order valence-corrected chi connectivity index (χ0v) is 16.2. The van der Waals surface area contributed by atoms with Gasteiger partial charge in [0.05, 0.1) is 6.61 Å². The quantitative estimate of drug-likeness (QED) is 0.644. The first kappa shape index (κ1) is 18.7. The average molecular weight is 383 g/mol. The Bertz CT molecular complexity index is 849. The molecule has 2 aliphatic rings. The Hall–Kier alpha value is -2.60. The van der Waals surface area contributed by atoms with Crippen LogP contribution in [0.25, 0.3) is 0 Å². The molecule has 5 nitrogen and oxygen atoms in total. The fourth-order valence-corrected chi connectivity index (χ4v) is 3.99. The highest BCUT2D eigenvalue weighted by Crippen LogP contribution is 2.38. The number of para-hydroxylation sites is 2. The molecule has 0 aliphatic carbocycles. The van der Waals surface area contributed by atoms with E-state index in [1.807, 2.05) is 24.3 Å². The van der Waals surface area contributed by atoms with Gasteiger partial charge < -0.3 is 19.7 Å². The molecule has 2 fully saturated rings. The second-order valence-corrected chi connectivity index (χ2v) is 7.52. The van der Waals surface area contributed by atoms with Crippen molar-refractivity contribution < 1.29 is 13.9 Å². The summed E-state index contributed by atoms with van der Waals surface area (Å²) in [5.74, 6) is 1.37. The summed E-state index contributed by atoms with van der Waals surface area (Å²) in [7, 11) is 1.81. The molecular formula is C22H26FN3O2. The summed E-state index contributed by atoms with van der Waals surface area (Å²) in [6.07, 6.45) is 2.26. The van der Waals surface area contributed by atoms with E-state index in [9.17, 15) is 4.39 Å². The summed E-state index contributed by atoms with van der Waals surface area (Å²) in [6, 6.07) is 14.1. The van der Waals surface area contributed by atoms with Gasteiger partial charge in [0.2, 0.25) is 0 Å². The Morgan fingerprint density at radius 2 is 1.96 bits per heavy atom. The van der Waals surface area contributed by atoms with E-state index in [1.165, 1.54) is 6.07 Å². The van der Waals surface area contributed by atoms with Gasteiger partial charge in [-0.1, -0.05) is 30.3 Å². The molecule has 0 bridgehead atoms. The molecule has 0 aromatic heterocycles. The molecule has 2 aliphatic heterocycles. The van der Waals surface area contributed by atoms with Gasteiger partial charge in [0.25, 0.3) is 0 Å². The van der Waals surface area contributed by atoms with Gasteiger partial charge in [-0.15, -0.1) is 0 Å². The number of nitrogens with one attached hydrogen (secondary N) is 1. The zero-order valence-electron chi connectivity index (χ0n) is 16.2. The highest BCUT2D eigenvalue weighted by atomic mass is 19.1. The number of benzene rings is 2. The lowest BCUT2D eigenvalue weighted by Gasteiger charge is -2.25. The number of ether oxygens (including phenoxy) is 2. The van der Waals surface area contributed by atoms with E-state index in [0.29, 0.717) is 12.3 Å². The minimum Gasteiger partial charge on any atom is -0.454 e. The van der Waals surface area contributed by atoms with Crippen LogP contribution < -0.4 is 10.1 Å². The minimum atomic E-state index is -0.373. The predicted octanol–water partition coefficient (Wildman–Crippen LogP) is 3.81. The highest BCUT2D eigenvalue weighted by molar-refractivity contribution is 5.80. The molecule has 0 amide bonds. The Labute approximate surface area is 165 Å². The van der Waals surface area contributed by atoms with Crippen LogP contribution in [-0.4, -0.2) is 44.2 Å². The van der Waals surface area contributed by atoms with Gasteiger partial charge in [-0.2, -0.15) is 0 Å². The molecule has 1 spiro atoms. The van der Waals surface area contributed by atoms with Gasteiger partial charge in [0, 0.05) is 44.3 Å². The van der Waals surface area contributed by atoms with Crippen LogP contribution in [0.15, 0.2) is 53.5 Å². The maximum absolute atomic E-state index is 13.9. The highest BCUT2D eigenvalue weighted by Gasteiger charge is 2.42. The largest absolute Gasteiger partial charge is 0.454 e. The SMILES string of the molecule is CN=C(NCc1ccccc1Oc1ccccc1F)N1CCC2(CCOC2)C1. The minimum absolute atomic E-state index is 0.224. The fraction of sp³-hybridized carbons (Fsp3) is 0.409. The fourth-order valence-electron chi connectivity index (χ4n) is 3.99. The Morgan fingerprint density at radius 1 is 1.18 bits per heavy atom. The topological polar surface area (TPSA) is 46.1 Å². The Morgan fingerprint density at radius 3 is 2.71 bits per heavy atom. The van der Waals surface area contributed by atoms with Crippen molar-refractivity contribution in [3.8, 4) is 11.5 Å². The molecule has 6 heteroatoms. The lowest BCUT2D eigenvalue weighted by atomic mass is 9.87. The van der Waals surface area contributed by atoms with Gasteiger partial charge in [-0.25, -0.2) is 4.39 Å². The van der Waals surface area contributed by atoms with Crippen LogP contribution in [-0.2, 0) is 11.3 Å². The van der Waals surface area contributed by atoms with Crippen molar-refractivity contribution in [1.82, 2.24) is 10.2 Å². The van der Waals surface area contributed by atoms with Crippen LogP contribution in [0.1, 0.15) is 18.4 Å². The Kier molecular flexibility index (Phi) is 5.48. The maximum atomic E-state index is 13.9. The molecular weight excluding hydrogens is 357 g/mol. The third-order valence-electron chi connectivity index (χ3n) is 5.60. The van der Waals surface area contributed by atoms with Crippen LogP contribution in [0.4, 0.5) is 4.39 Å². The van der Waals surface area contributed by atoms with Crippen LogP contribution in [0, 0.1) is 11.2 Å². The molecule has 0 radical (unpaired) electrons. The lowest BCUT2D eigenvalue weighted by molar-refractivity contribution is 0.156. The maximum Gasteiger partial charge on any atom is 0.193 e. The van der Waals surface area contributed by atoms with Crippen molar-refractivity contribution in [2.24, 2.45) is 10.4 Å². The standard InChI is InChI=1S/C22H26FN3O2/c1-24-21(26-12-10-22(15-26)11-13-27-16-22)25-14-17-6-2-4-8-19(17)28-20-9-5-3-7-18(20)23/h2-9H,10-16H2,1H3,(H,24,25). The van der Waals surface area contributed by atoms with Gasteiger partial charge in [-0.3, -0.25) is 4.99 Å². The van der Waals surface area contributed by atoms with Gasteiger partial charge in [0.15, 0.2) is 17.5 Å². The Balaban J connectivity index is 1.42. The number of likely N-dealkylation sites (tertiary alicyclic amines) is 1. The average Bonchev–Trinajstić information content (AvgIpc) is 3.35. The molecule has 1 N–H and O–H groups in total. The molecule has 1 unspecified atom stereocenters. The lowest BCUT2D eigenvalue weighted by Crippen LogP contribution is -2.41. The molecule has 148 valence electrons. The number of aliphatic imine (C=N–C) groups is 1. The number of hydrogen-bond donors (Lipinski definition) is 1. The zero-order chi connectivity index (χ0) is 19.4. The summed E-state index contributed by atoms with van der Waals surface area (Å²) in [5, 5.41) is 3.44. The van der Waals surface area contributed by atoms with E-state index in [2.05, 4.69) is 15.2 Å². The van der Waals surface area contributed by atoms with E-state index >= 15 is 0 Å². The second-order valence-electron chi connectivity index (χ2n) is 7.52. The van der Waals surface area contributed by atoms with E-state index < -0.39 is 0 Å². The van der Waals surface area contributed by atoms with Crippen LogP contribution in [0.3, 0.4) is 0 Å². The molecule has 0 saturated carbocycles. The number of nitrogens with zero attached hydrogens (tertiary/aromatic N) is 2. The summed E-state index contributed by atoms with van der Waals surface area (Å²) >= 11 is 0. The molecule has 2 saturated heterocycles. The van der Waals surface area contributed by atoms with E-state index in [1.54, 1.807) is 25.2 Å². The number of guanidine groups is 1. The van der Waals surface area contributed by atoms with E-state index in [0.717, 1.165) is 50.7 Å². The molecule has 4 rings (SSSR count). The van der Waals surface area contributed by atoms with Crippen molar-refractivity contribution in [3.63, 3.8) is 0 Å². The normalized spacial score (nSPS) is 22.1. The number of halogens is 1. The first-order valence-corrected chi connectivity index (χ1v) is 9.73. The summed E-state index contributed by atoms with van der Waals surface area (Å²) in [6.45, 7) is 4.22. The van der Waals surface area contributed by atoms with E-state index in [-0.39, 0.29) is 17.0 Å².